The Kier molecular flexibility index (Phi) is 4.03. The standard InChI is InChI=1S/C15H8F3NO2S2/c16-15(17,18)9-3-1-2-8(6-9)11-5-4-10(21-11)7-12-13(22)19-14(20)23-12/h1-7H,(H,19,20,22). The summed E-state index contributed by atoms with van der Waals surface area (Å²) in [7, 11) is 0. The highest BCUT2D eigenvalue weighted by molar-refractivity contribution is 8.19. The van der Waals surface area contributed by atoms with Crippen LogP contribution >= 0.6 is 24.0 Å². The van der Waals surface area contributed by atoms with Crippen molar-refractivity contribution in [3.05, 3.63) is 52.6 Å². The molecule has 0 atom stereocenters. The third-order valence-electron chi connectivity index (χ3n) is 3.02. The first-order valence-electron chi connectivity index (χ1n) is 6.35. The summed E-state index contributed by atoms with van der Waals surface area (Å²) in [6, 6.07) is 8.05. The highest BCUT2D eigenvalue weighted by Gasteiger charge is 2.30. The fourth-order valence-electron chi connectivity index (χ4n) is 1.98. The van der Waals surface area contributed by atoms with Crippen molar-refractivity contribution in [1.29, 1.82) is 0 Å². The minimum atomic E-state index is -4.41. The van der Waals surface area contributed by atoms with Crippen LogP contribution in [0.25, 0.3) is 17.4 Å². The van der Waals surface area contributed by atoms with Crippen LogP contribution in [0.15, 0.2) is 45.7 Å². The summed E-state index contributed by atoms with van der Waals surface area (Å²) >= 11 is 5.93. The van der Waals surface area contributed by atoms with Gasteiger partial charge in [-0.15, -0.1) is 0 Å². The number of nitrogens with one attached hydrogen (secondary N) is 1. The van der Waals surface area contributed by atoms with Crippen LogP contribution in [0.5, 0.6) is 0 Å². The minimum Gasteiger partial charge on any atom is -0.457 e. The van der Waals surface area contributed by atoms with E-state index in [9.17, 15) is 18.0 Å². The van der Waals surface area contributed by atoms with E-state index in [0.717, 1.165) is 23.9 Å². The molecule has 1 saturated heterocycles. The maximum absolute atomic E-state index is 12.7. The van der Waals surface area contributed by atoms with E-state index in [0.29, 0.717) is 27.0 Å². The molecule has 3 rings (SSSR count). The number of benzene rings is 1. The molecule has 1 N–H and O–H groups in total. The summed E-state index contributed by atoms with van der Waals surface area (Å²) in [5, 5.41) is 2.20. The first-order valence-corrected chi connectivity index (χ1v) is 7.58. The lowest BCUT2D eigenvalue weighted by Gasteiger charge is -2.07. The molecule has 8 heteroatoms. The summed E-state index contributed by atoms with van der Waals surface area (Å²) in [6.45, 7) is 0. The maximum atomic E-state index is 12.7. The van der Waals surface area contributed by atoms with Crippen molar-refractivity contribution in [1.82, 2.24) is 5.32 Å². The smallest absolute Gasteiger partial charge is 0.416 e. The lowest BCUT2D eigenvalue weighted by Crippen LogP contribution is -2.15. The molecule has 2 aromatic rings. The van der Waals surface area contributed by atoms with Gasteiger partial charge in [0.25, 0.3) is 5.24 Å². The van der Waals surface area contributed by atoms with Gasteiger partial charge in [0, 0.05) is 5.56 Å². The molecule has 0 saturated carbocycles. The van der Waals surface area contributed by atoms with Crippen LogP contribution in [0.2, 0.25) is 0 Å². The second-order valence-corrected chi connectivity index (χ2v) is 6.06. The van der Waals surface area contributed by atoms with Crippen molar-refractivity contribution in [2.75, 3.05) is 0 Å². The van der Waals surface area contributed by atoms with E-state index in [2.05, 4.69) is 5.32 Å². The van der Waals surface area contributed by atoms with E-state index in [1.807, 2.05) is 0 Å². The highest BCUT2D eigenvalue weighted by atomic mass is 32.2. The van der Waals surface area contributed by atoms with Crippen LogP contribution in [0.1, 0.15) is 11.3 Å². The van der Waals surface area contributed by atoms with E-state index in [-0.39, 0.29) is 5.24 Å². The number of furan rings is 1. The van der Waals surface area contributed by atoms with Crippen LogP contribution in [0.3, 0.4) is 0 Å². The van der Waals surface area contributed by atoms with Gasteiger partial charge >= 0.3 is 6.18 Å². The van der Waals surface area contributed by atoms with E-state index in [1.165, 1.54) is 12.1 Å². The molecule has 3 nitrogen and oxygen atoms in total. The zero-order valence-electron chi connectivity index (χ0n) is 11.3. The SMILES string of the molecule is O=C1NC(=S)C(=Cc2ccc(-c3cccc(C(F)(F)F)c3)o2)S1. The lowest BCUT2D eigenvalue weighted by molar-refractivity contribution is -0.137. The number of amides is 1. The number of hydrogen-bond donors (Lipinski definition) is 1. The van der Waals surface area contributed by atoms with Crippen LogP contribution in [0.4, 0.5) is 18.0 Å². The average Bonchev–Trinajstić information content (AvgIpc) is 3.06. The van der Waals surface area contributed by atoms with Gasteiger partial charge in [-0.2, -0.15) is 13.2 Å². The molecule has 0 spiro atoms. The summed E-state index contributed by atoms with van der Waals surface area (Å²) in [4.78, 5) is 12.0. The number of thioether (sulfide) groups is 1. The molecule has 23 heavy (non-hydrogen) atoms. The number of rotatable bonds is 2. The molecule has 0 unspecified atom stereocenters. The van der Waals surface area contributed by atoms with Gasteiger partial charge < -0.3 is 9.73 Å². The van der Waals surface area contributed by atoms with Crippen LogP contribution < -0.4 is 5.32 Å². The summed E-state index contributed by atoms with van der Waals surface area (Å²) in [6.07, 6.45) is -2.84. The fraction of sp³-hybridized carbons (Fsp3) is 0.0667. The molecule has 1 aromatic heterocycles. The minimum absolute atomic E-state index is 0.272. The molecule has 0 aliphatic carbocycles. The Morgan fingerprint density at radius 1 is 1.22 bits per heavy atom. The van der Waals surface area contributed by atoms with Crippen molar-refractivity contribution in [3.8, 4) is 11.3 Å². The Labute approximate surface area is 138 Å². The number of halogens is 3. The largest absolute Gasteiger partial charge is 0.457 e. The van der Waals surface area contributed by atoms with Crippen LogP contribution in [-0.4, -0.2) is 10.2 Å². The van der Waals surface area contributed by atoms with Gasteiger partial charge in [-0.05, 0) is 42.1 Å². The summed E-state index contributed by atoms with van der Waals surface area (Å²) in [5.41, 5.74) is -0.422. The first kappa shape index (κ1) is 15.8. The topological polar surface area (TPSA) is 42.2 Å². The zero-order chi connectivity index (χ0) is 16.6. The van der Waals surface area contributed by atoms with E-state index in [4.69, 9.17) is 16.6 Å². The quantitative estimate of drug-likeness (QED) is 0.602. The second-order valence-electron chi connectivity index (χ2n) is 4.63. The van der Waals surface area contributed by atoms with E-state index in [1.54, 1.807) is 18.2 Å². The Bertz CT molecular complexity index is 824. The van der Waals surface area contributed by atoms with E-state index >= 15 is 0 Å². The predicted molar refractivity (Wildman–Crippen MR) is 85.8 cm³/mol. The molecule has 118 valence electrons. The van der Waals surface area contributed by atoms with Crippen molar-refractivity contribution >= 4 is 40.3 Å². The van der Waals surface area contributed by atoms with Crippen molar-refractivity contribution in [3.63, 3.8) is 0 Å². The van der Waals surface area contributed by atoms with Gasteiger partial charge in [-0.25, -0.2) is 0 Å². The van der Waals surface area contributed by atoms with Crippen molar-refractivity contribution in [2.45, 2.75) is 6.18 Å². The van der Waals surface area contributed by atoms with Gasteiger partial charge in [0.05, 0.1) is 10.5 Å². The van der Waals surface area contributed by atoms with Gasteiger partial charge in [0.15, 0.2) is 0 Å². The molecule has 2 heterocycles. The average molecular weight is 355 g/mol. The monoisotopic (exact) mass is 355 g/mol. The normalized spacial score (nSPS) is 16.9. The molecule has 0 bridgehead atoms. The highest BCUT2D eigenvalue weighted by Crippen LogP contribution is 2.33. The maximum Gasteiger partial charge on any atom is 0.416 e. The number of alkyl halides is 3. The number of hydrogen-bond acceptors (Lipinski definition) is 4. The Hall–Kier alpha value is -2.06. The Morgan fingerprint density at radius 3 is 2.65 bits per heavy atom. The summed E-state index contributed by atoms with van der Waals surface area (Å²) < 4.78 is 43.8. The van der Waals surface area contributed by atoms with Gasteiger partial charge in [0.1, 0.15) is 16.5 Å². The fourth-order valence-corrected chi connectivity index (χ4v) is 3.00. The van der Waals surface area contributed by atoms with Crippen LogP contribution in [-0.2, 0) is 6.18 Å². The second kappa shape index (κ2) is 5.86. The Balaban J connectivity index is 1.90. The molecular formula is C15H8F3NO2S2. The Morgan fingerprint density at radius 2 is 2.00 bits per heavy atom. The third-order valence-corrected chi connectivity index (χ3v) is 4.30. The molecule has 1 aliphatic heterocycles. The molecule has 0 radical (unpaired) electrons. The van der Waals surface area contributed by atoms with Crippen molar-refractivity contribution < 1.29 is 22.4 Å². The lowest BCUT2D eigenvalue weighted by atomic mass is 10.1. The van der Waals surface area contributed by atoms with Crippen molar-refractivity contribution in [2.24, 2.45) is 0 Å². The number of carbonyl (C=O) groups excluding carboxylic acids is 1. The number of carbonyl (C=O) groups is 1. The molecular weight excluding hydrogens is 347 g/mol. The molecule has 1 aliphatic rings. The molecule has 1 aromatic carbocycles. The predicted octanol–water partition coefficient (Wildman–Crippen LogP) is 5.09. The van der Waals surface area contributed by atoms with E-state index < -0.39 is 11.7 Å². The van der Waals surface area contributed by atoms with Crippen LogP contribution in [0, 0.1) is 0 Å². The first-order chi connectivity index (χ1) is 10.8. The number of thiocarbonyl (C=S) groups is 1. The third kappa shape index (κ3) is 3.48. The molecule has 1 fully saturated rings. The summed E-state index contributed by atoms with van der Waals surface area (Å²) in [5.74, 6) is 0.704. The van der Waals surface area contributed by atoms with Gasteiger partial charge in [-0.3, -0.25) is 4.79 Å². The molecule has 1 amide bonds. The zero-order valence-corrected chi connectivity index (χ0v) is 12.9. The van der Waals surface area contributed by atoms with Gasteiger partial charge in [-0.1, -0.05) is 24.4 Å². The van der Waals surface area contributed by atoms with Gasteiger partial charge in [0.2, 0.25) is 0 Å².